The van der Waals surface area contributed by atoms with Crippen LogP contribution in [0.4, 0.5) is 0 Å². The largest absolute Gasteiger partial charge is 0.384 e. The Kier molecular flexibility index (Phi) is 3.84. The number of hydrogen-bond donors (Lipinski definition) is 1. The van der Waals surface area contributed by atoms with Gasteiger partial charge in [-0.15, -0.1) is 0 Å². The summed E-state index contributed by atoms with van der Waals surface area (Å²) in [6.45, 7) is 3.08. The van der Waals surface area contributed by atoms with E-state index in [0.29, 0.717) is 6.42 Å². The molecule has 2 nitrogen and oxygen atoms in total. The van der Waals surface area contributed by atoms with Gasteiger partial charge in [0.2, 0.25) is 0 Å². The topological polar surface area (TPSA) is 23.5 Å². The first-order valence-electron chi connectivity index (χ1n) is 7.94. The third-order valence-corrected chi connectivity index (χ3v) is 5.01. The molecule has 0 saturated heterocycles. The SMILES string of the molecule is CN(C)C[C@]1(C)Cc2ccccc2[C@]1(O)Cc1ccccc1. The minimum atomic E-state index is -0.824. The molecule has 2 heteroatoms. The van der Waals surface area contributed by atoms with Crippen molar-refractivity contribution in [2.75, 3.05) is 20.6 Å². The Morgan fingerprint density at radius 2 is 1.64 bits per heavy atom. The highest BCUT2D eigenvalue weighted by Gasteiger charge is 2.53. The third-order valence-electron chi connectivity index (χ3n) is 5.01. The van der Waals surface area contributed by atoms with Gasteiger partial charge in [-0.25, -0.2) is 0 Å². The van der Waals surface area contributed by atoms with E-state index in [9.17, 15) is 5.11 Å². The molecule has 2 aromatic rings. The molecule has 0 unspecified atom stereocenters. The highest BCUT2D eigenvalue weighted by Crippen LogP contribution is 2.52. The van der Waals surface area contributed by atoms with Gasteiger partial charge in [0.1, 0.15) is 5.60 Å². The van der Waals surface area contributed by atoms with Crippen LogP contribution >= 0.6 is 0 Å². The Bertz CT molecular complexity index is 652. The highest BCUT2D eigenvalue weighted by atomic mass is 16.3. The van der Waals surface area contributed by atoms with Crippen molar-refractivity contribution in [2.45, 2.75) is 25.4 Å². The van der Waals surface area contributed by atoms with Crippen LogP contribution in [0.5, 0.6) is 0 Å². The Balaban J connectivity index is 2.06. The molecule has 22 heavy (non-hydrogen) atoms. The lowest BCUT2D eigenvalue weighted by Crippen LogP contribution is -2.48. The van der Waals surface area contributed by atoms with Gasteiger partial charge in [-0.05, 0) is 37.2 Å². The molecule has 0 spiro atoms. The molecular formula is C20H25NO. The Morgan fingerprint density at radius 1 is 1.00 bits per heavy atom. The van der Waals surface area contributed by atoms with Crippen LogP contribution < -0.4 is 0 Å². The lowest BCUT2D eigenvalue weighted by molar-refractivity contribution is -0.0787. The molecule has 1 aliphatic carbocycles. The summed E-state index contributed by atoms with van der Waals surface area (Å²) in [6, 6.07) is 18.7. The van der Waals surface area contributed by atoms with Crippen LogP contribution in [-0.2, 0) is 18.4 Å². The van der Waals surface area contributed by atoms with E-state index in [1.807, 2.05) is 24.3 Å². The zero-order valence-electron chi connectivity index (χ0n) is 13.7. The van der Waals surface area contributed by atoms with Gasteiger partial charge in [0.25, 0.3) is 0 Å². The van der Waals surface area contributed by atoms with E-state index >= 15 is 0 Å². The van der Waals surface area contributed by atoms with Crippen LogP contribution in [-0.4, -0.2) is 30.6 Å². The van der Waals surface area contributed by atoms with Crippen molar-refractivity contribution in [3.8, 4) is 0 Å². The number of benzene rings is 2. The van der Waals surface area contributed by atoms with Gasteiger partial charge in [0.05, 0.1) is 0 Å². The van der Waals surface area contributed by atoms with E-state index in [0.717, 1.165) is 18.5 Å². The number of rotatable bonds is 4. The second kappa shape index (κ2) is 5.53. The molecule has 0 amide bonds. The fourth-order valence-corrected chi connectivity index (χ4v) is 4.05. The molecule has 1 N–H and O–H groups in total. The van der Waals surface area contributed by atoms with E-state index in [1.54, 1.807) is 0 Å². The van der Waals surface area contributed by atoms with Gasteiger partial charge >= 0.3 is 0 Å². The first-order chi connectivity index (χ1) is 10.4. The summed E-state index contributed by atoms with van der Waals surface area (Å²) in [5.41, 5.74) is 2.56. The van der Waals surface area contributed by atoms with Crippen molar-refractivity contribution in [3.05, 3.63) is 71.3 Å². The summed E-state index contributed by atoms with van der Waals surface area (Å²) >= 11 is 0. The van der Waals surface area contributed by atoms with Crippen molar-refractivity contribution >= 4 is 0 Å². The highest BCUT2D eigenvalue weighted by molar-refractivity contribution is 5.42. The fraction of sp³-hybridized carbons (Fsp3) is 0.400. The predicted octanol–water partition coefficient (Wildman–Crippen LogP) is 3.24. The zero-order chi connectivity index (χ0) is 15.8. The monoisotopic (exact) mass is 295 g/mol. The summed E-state index contributed by atoms with van der Waals surface area (Å²) in [5, 5.41) is 11.7. The molecule has 2 atom stereocenters. The lowest BCUT2D eigenvalue weighted by Gasteiger charge is -2.42. The summed E-state index contributed by atoms with van der Waals surface area (Å²) in [4.78, 5) is 2.18. The van der Waals surface area contributed by atoms with E-state index in [2.05, 4.69) is 56.3 Å². The predicted molar refractivity (Wildman–Crippen MR) is 90.8 cm³/mol. The molecule has 0 radical (unpaired) electrons. The molecule has 3 rings (SSSR count). The van der Waals surface area contributed by atoms with Gasteiger partial charge in [-0.3, -0.25) is 0 Å². The van der Waals surface area contributed by atoms with Crippen LogP contribution in [0.1, 0.15) is 23.6 Å². The van der Waals surface area contributed by atoms with Crippen molar-refractivity contribution in [1.29, 1.82) is 0 Å². The Hall–Kier alpha value is -1.64. The number of aliphatic hydroxyl groups is 1. The maximum Gasteiger partial charge on any atom is 0.101 e. The first-order valence-corrected chi connectivity index (χ1v) is 7.94. The maximum atomic E-state index is 11.7. The summed E-state index contributed by atoms with van der Waals surface area (Å²) < 4.78 is 0. The molecule has 116 valence electrons. The third kappa shape index (κ3) is 2.47. The van der Waals surface area contributed by atoms with Crippen LogP contribution in [0.15, 0.2) is 54.6 Å². The molecule has 0 saturated carbocycles. The summed E-state index contributed by atoms with van der Waals surface area (Å²) in [7, 11) is 4.16. The number of nitrogens with zero attached hydrogens (tertiary/aromatic N) is 1. The van der Waals surface area contributed by atoms with Crippen LogP contribution in [0.25, 0.3) is 0 Å². The van der Waals surface area contributed by atoms with Crippen LogP contribution in [0.3, 0.4) is 0 Å². The summed E-state index contributed by atoms with van der Waals surface area (Å²) in [5.74, 6) is 0. The zero-order valence-corrected chi connectivity index (χ0v) is 13.7. The van der Waals surface area contributed by atoms with Gasteiger partial charge in [-0.1, -0.05) is 61.5 Å². The lowest BCUT2D eigenvalue weighted by atomic mass is 9.70. The van der Waals surface area contributed by atoms with Crippen LogP contribution in [0, 0.1) is 5.41 Å². The van der Waals surface area contributed by atoms with E-state index < -0.39 is 5.60 Å². The molecule has 2 aromatic carbocycles. The van der Waals surface area contributed by atoms with Crippen LogP contribution in [0.2, 0.25) is 0 Å². The van der Waals surface area contributed by atoms with Gasteiger partial charge in [0.15, 0.2) is 0 Å². The summed E-state index contributed by atoms with van der Waals surface area (Å²) in [6.07, 6.45) is 1.58. The quantitative estimate of drug-likeness (QED) is 0.936. The Labute approximate surface area is 133 Å². The second-order valence-electron chi connectivity index (χ2n) is 7.16. The average Bonchev–Trinajstić information content (AvgIpc) is 2.67. The standard InChI is InChI=1S/C20H25NO/c1-19(15-21(2)3)14-17-11-7-8-12-18(17)20(19,22)13-16-9-5-4-6-10-16/h4-12,22H,13-15H2,1-3H3/t19-,20+/m0/s1. The van der Waals surface area contributed by atoms with E-state index in [1.165, 1.54) is 11.1 Å². The van der Waals surface area contributed by atoms with Crippen molar-refractivity contribution in [1.82, 2.24) is 4.90 Å². The van der Waals surface area contributed by atoms with E-state index in [-0.39, 0.29) is 5.41 Å². The fourth-order valence-electron chi connectivity index (χ4n) is 4.05. The minimum absolute atomic E-state index is 0.184. The number of fused-ring (bicyclic) bond motifs is 1. The van der Waals surface area contributed by atoms with Gasteiger partial charge in [0, 0.05) is 18.4 Å². The molecule has 1 aliphatic rings. The minimum Gasteiger partial charge on any atom is -0.384 e. The normalized spacial score (nSPS) is 27.1. The van der Waals surface area contributed by atoms with Crippen molar-refractivity contribution in [2.24, 2.45) is 5.41 Å². The molecule has 0 fully saturated rings. The molecular weight excluding hydrogens is 270 g/mol. The molecule has 0 aliphatic heterocycles. The maximum absolute atomic E-state index is 11.7. The van der Waals surface area contributed by atoms with Gasteiger partial charge in [-0.2, -0.15) is 0 Å². The molecule has 0 bridgehead atoms. The Morgan fingerprint density at radius 3 is 2.32 bits per heavy atom. The smallest absolute Gasteiger partial charge is 0.101 e. The average molecular weight is 295 g/mol. The second-order valence-corrected chi connectivity index (χ2v) is 7.16. The molecule has 0 heterocycles. The number of hydrogen-bond acceptors (Lipinski definition) is 2. The van der Waals surface area contributed by atoms with E-state index in [4.69, 9.17) is 0 Å². The van der Waals surface area contributed by atoms with Crippen molar-refractivity contribution < 1.29 is 5.11 Å². The molecule has 0 aromatic heterocycles. The van der Waals surface area contributed by atoms with Crippen molar-refractivity contribution in [3.63, 3.8) is 0 Å². The van der Waals surface area contributed by atoms with Gasteiger partial charge < -0.3 is 10.0 Å². The first kappa shape index (κ1) is 15.3.